The fraction of sp³-hybridized carbons (Fsp3) is 0.632. The Hall–Kier alpha value is -1.80. The van der Waals surface area contributed by atoms with Crippen LogP contribution in [0.2, 0.25) is 0 Å². The molecule has 1 aliphatic carbocycles. The standard InChI is InChI=1S/C19H28N2O5S/c1-25-17-11-10-14(13-18(17)26-15-7-3-4-8-15)20-19(22)16-9-5-6-12-21(16)27(2,23)24/h10-11,13,15-16H,3-9,12H2,1-2H3,(H,20,22). The molecule has 0 aromatic heterocycles. The Balaban J connectivity index is 1.74. The fourth-order valence-electron chi connectivity index (χ4n) is 3.82. The Bertz CT molecular complexity index is 774. The SMILES string of the molecule is COc1ccc(NC(=O)C2CCCCN2S(C)(=O)=O)cc1OC1CCCC1. The first-order valence-corrected chi connectivity index (χ1v) is 11.4. The van der Waals surface area contributed by atoms with Gasteiger partial charge in [-0.1, -0.05) is 6.42 Å². The van der Waals surface area contributed by atoms with Crippen molar-refractivity contribution in [3.63, 3.8) is 0 Å². The summed E-state index contributed by atoms with van der Waals surface area (Å²) in [4.78, 5) is 12.7. The molecule has 1 heterocycles. The molecule has 1 N–H and O–H groups in total. The predicted octanol–water partition coefficient (Wildman–Crippen LogP) is 2.77. The van der Waals surface area contributed by atoms with Crippen molar-refractivity contribution in [1.82, 2.24) is 4.31 Å². The van der Waals surface area contributed by atoms with E-state index in [0.29, 0.717) is 30.2 Å². The van der Waals surface area contributed by atoms with Gasteiger partial charge in [-0.2, -0.15) is 4.31 Å². The van der Waals surface area contributed by atoms with Crippen LogP contribution in [0, 0.1) is 0 Å². The molecular formula is C19H28N2O5S. The number of amides is 1. The van der Waals surface area contributed by atoms with Crippen molar-refractivity contribution in [2.45, 2.75) is 57.1 Å². The predicted molar refractivity (Wildman–Crippen MR) is 104 cm³/mol. The summed E-state index contributed by atoms with van der Waals surface area (Å²) in [5.41, 5.74) is 0.577. The first-order valence-electron chi connectivity index (χ1n) is 9.51. The largest absolute Gasteiger partial charge is 0.493 e. The maximum absolute atomic E-state index is 12.7. The quantitative estimate of drug-likeness (QED) is 0.799. The number of carbonyl (C=O) groups is 1. The van der Waals surface area contributed by atoms with Crippen molar-refractivity contribution in [3.05, 3.63) is 18.2 Å². The Morgan fingerprint density at radius 1 is 1.11 bits per heavy atom. The van der Waals surface area contributed by atoms with Crippen LogP contribution in [0.4, 0.5) is 5.69 Å². The van der Waals surface area contributed by atoms with Gasteiger partial charge in [0.25, 0.3) is 0 Å². The number of carbonyl (C=O) groups excluding carboxylic acids is 1. The number of sulfonamides is 1. The number of benzene rings is 1. The van der Waals surface area contributed by atoms with Crippen LogP contribution in [0.3, 0.4) is 0 Å². The number of anilines is 1. The zero-order chi connectivity index (χ0) is 19.4. The Morgan fingerprint density at radius 2 is 1.81 bits per heavy atom. The lowest BCUT2D eigenvalue weighted by Crippen LogP contribution is -2.49. The van der Waals surface area contributed by atoms with Crippen molar-refractivity contribution in [1.29, 1.82) is 0 Å². The molecule has 0 bridgehead atoms. The third-order valence-corrected chi connectivity index (χ3v) is 6.50. The maximum atomic E-state index is 12.7. The van der Waals surface area contributed by atoms with Crippen LogP contribution in [-0.4, -0.2) is 50.7 Å². The summed E-state index contributed by atoms with van der Waals surface area (Å²) in [6, 6.07) is 4.58. The van der Waals surface area contributed by atoms with Gasteiger partial charge in [-0.25, -0.2) is 8.42 Å². The summed E-state index contributed by atoms with van der Waals surface area (Å²) in [5, 5.41) is 2.85. The van der Waals surface area contributed by atoms with Crippen LogP contribution in [0.25, 0.3) is 0 Å². The molecule has 1 saturated heterocycles. The lowest BCUT2D eigenvalue weighted by atomic mass is 10.0. The van der Waals surface area contributed by atoms with E-state index in [0.717, 1.165) is 44.8 Å². The second kappa shape index (κ2) is 8.48. The van der Waals surface area contributed by atoms with Gasteiger partial charge in [-0.3, -0.25) is 4.79 Å². The van der Waals surface area contributed by atoms with Gasteiger partial charge >= 0.3 is 0 Å². The number of ether oxygens (including phenoxy) is 2. The van der Waals surface area contributed by atoms with Crippen LogP contribution < -0.4 is 14.8 Å². The summed E-state index contributed by atoms with van der Waals surface area (Å²) < 4.78 is 36.7. The molecule has 1 unspecified atom stereocenters. The maximum Gasteiger partial charge on any atom is 0.242 e. The third kappa shape index (κ3) is 4.93. The molecule has 3 rings (SSSR count). The van der Waals surface area contributed by atoms with Crippen LogP contribution >= 0.6 is 0 Å². The van der Waals surface area contributed by atoms with E-state index in [1.165, 1.54) is 4.31 Å². The molecule has 7 nitrogen and oxygen atoms in total. The highest BCUT2D eigenvalue weighted by Gasteiger charge is 2.34. The average Bonchev–Trinajstić information content (AvgIpc) is 3.14. The normalized spacial score (nSPS) is 21.8. The number of methoxy groups -OCH3 is 1. The lowest BCUT2D eigenvalue weighted by Gasteiger charge is -2.32. The summed E-state index contributed by atoms with van der Waals surface area (Å²) >= 11 is 0. The zero-order valence-electron chi connectivity index (χ0n) is 15.9. The molecule has 8 heteroatoms. The van der Waals surface area contributed by atoms with Gasteiger partial charge in [0.15, 0.2) is 11.5 Å². The molecular weight excluding hydrogens is 368 g/mol. The van der Waals surface area contributed by atoms with Crippen molar-refractivity contribution >= 4 is 21.6 Å². The molecule has 2 aliphatic rings. The van der Waals surface area contributed by atoms with Gasteiger partial charge in [-0.15, -0.1) is 0 Å². The molecule has 1 amide bonds. The molecule has 1 atom stereocenters. The molecule has 150 valence electrons. The van der Waals surface area contributed by atoms with Crippen molar-refractivity contribution in [3.8, 4) is 11.5 Å². The van der Waals surface area contributed by atoms with E-state index >= 15 is 0 Å². The molecule has 0 spiro atoms. The van der Waals surface area contributed by atoms with E-state index in [1.54, 1.807) is 25.3 Å². The van der Waals surface area contributed by atoms with Crippen molar-refractivity contribution < 1.29 is 22.7 Å². The first kappa shape index (κ1) is 19.9. The van der Waals surface area contributed by atoms with Crippen molar-refractivity contribution in [2.75, 3.05) is 25.2 Å². The molecule has 2 fully saturated rings. The number of nitrogens with one attached hydrogen (secondary N) is 1. The highest BCUT2D eigenvalue weighted by atomic mass is 32.2. The Kier molecular flexibility index (Phi) is 6.26. The minimum atomic E-state index is -3.42. The van der Waals surface area contributed by atoms with Gasteiger partial charge in [0.05, 0.1) is 19.5 Å². The highest BCUT2D eigenvalue weighted by Crippen LogP contribution is 2.34. The van der Waals surface area contributed by atoms with Gasteiger partial charge in [-0.05, 0) is 50.7 Å². The summed E-state index contributed by atoms with van der Waals surface area (Å²) in [6.07, 6.45) is 7.82. The van der Waals surface area contributed by atoms with Gasteiger partial charge in [0.2, 0.25) is 15.9 Å². The van der Waals surface area contributed by atoms with Gasteiger partial charge in [0.1, 0.15) is 6.04 Å². The van der Waals surface area contributed by atoms with E-state index in [9.17, 15) is 13.2 Å². The zero-order valence-corrected chi connectivity index (χ0v) is 16.8. The van der Waals surface area contributed by atoms with Gasteiger partial charge < -0.3 is 14.8 Å². The number of nitrogens with zero attached hydrogens (tertiary/aromatic N) is 1. The van der Waals surface area contributed by atoms with Gasteiger partial charge in [0, 0.05) is 18.3 Å². The molecule has 1 aliphatic heterocycles. The van der Waals surface area contributed by atoms with Crippen LogP contribution in [0.15, 0.2) is 18.2 Å². The summed E-state index contributed by atoms with van der Waals surface area (Å²) in [7, 11) is -1.83. The van der Waals surface area contributed by atoms with E-state index < -0.39 is 16.1 Å². The second-order valence-electron chi connectivity index (χ2n) is 7.26. The van der Waals surface area contributed by atoms with E-state index in [-0.39, 0.29) is 12.0 Å². The Morgan fingerprint density at radius 3 is 2.48 bits per heavy atom. The summed E-state index contributed by atoms with van der Waals surface area (Å²) in [5.74, 6) is 0.915. The molecule has 1 aromatic rings. The van der Waals surface area contributed by atoms with Crippen LogP contribution in [0.5, 0.6) is 11.5 Å². The number of piperidine rings is 1. The summed E-state index contributed by atoms with van der Waals surface area (Å²) in [6.45, 7) is 0.384. The van der Waals surface area contributed by atoms with E-state index in [1.807, 2.05) is 0 Å². The third-order valence-electron chi connectivity index (χ3n) is 5.21. The first-order chi connectivity index (χ1) is 12.9. The lowest BCUT2D eigenvalue weighted by molar-refractivity contribution is -0.120. The van der Waals surface area contributed by atoms with Crippen molar-refractivity contribution in [2.24, 2.45) is 0 Å². The molecule has 1 aromatic carbocycles. The molecule has 1 saturated carbocycles. The Labute approximate surface area is 161 Å². The average molecular weight is 397 g/mol. The minimum absolute atomic E-state index is 0.170. The number of rotatable bonds is 6. The van der Waals surface area contributed by atoms with E-state index in [2.05, 4.69) is 5.32 Å². The topological polar surface area (TPSA) is 84.9 Å². The van der Waals surface area contributed by atoms with E-state index in [4.69, 9.17) is 9.47 Å². The number of hydrogen-bond donors (Lipinski definition) is 1. The highest BCUT2D eigenvalue weighted by molar-refractivity contribution is 7.88. The van der Waals surface area contributed by atoms with Crippen LogP contribution in [0.1, 0.15) is 44.9 Å². The second-order valence-corrected chi connectivity index (χ2v) is 9.20. The monoisotopic (exact) mass is 396 g/mol. The molecule has 0 radical (unpaired) electrons. The smallest absolute Gasteiger partial charge is 0.242 e. The number of hydrogen-bond acceptors (Lipinski definition) is 5. The fourth-order valence-corrected chi connectivity index (χ4v) is 4.95. The molecule has 27 heavy (non-hydrogen) atoms. The minimum Gasteiger partial charge on any atom is -0.493 e. The van der Waals surface area contributed by atoms with Crippen LogP contribution in [-0.2, 0) is 14.8 Å².